The van der Waals surface area contributed by atoms with Crippen LogP contribution in [0.2, 0.25) is 0 Å². The second kappa shape index (κ2) is 4.11. The molecule has 2 bridgehead atoms. The van der Waals surface area contributed by atoms with Crippen LogP contribution >= 0.6 is 0 Å². The fourth-order valence-electron chi connectivity index (χ4n) is 2.72. The van der Waals surface area contributed by atoms with Crippen LogP contribution in [-0.4, -0.2) is 32.4 Å². The van der Waals surface area contributed by atoms with Crippen molar-refractivity contribution in [3.05, 3.63) is 18.2 Å². The van der Waals surface area contributed by atoms with Crippen LogP contribution in [-0.2, 0) is 4.74 Å². The predicted octanol–water partition coefficient (Wildman–Crippen LogP) is 1.65. The maximum atomic E-state index is 5.83. The third-order valence-electron chi connectivity index (χ3n) is 3.63. The zero-order valence-electron chi connectivity index (χ0n) is 10.1. The number of fused-ring (bicyclic) bond motifs is 2. The van der Waals surface area contributed by atoms with E-state index in [-0.39, 0.29) is 0 Å². The second-order valence-corrected chi connectivity index (χ2v) is 4.79. The highest BCUT2D eigenvalue weighted by molar-refractivity contribution is 5.62. The van der Waals surface area contributed by atoms with E-state index in [4.69, 9.17) is 15.2 Å². The van der Waals surface area contributed by atoms with Crippen molar-refractivity contribution >= 4 is 11.4 Å². The number of nitrogen functional groups attached to an aromatic ring is 1. The monoisotopic (exact) mass is 234 g/mol. The van der Waals surface area contributed by atoms with E-state index in [1.165, 1.54) is 18.5 Å². The minimum atomic E-state index is 0.400. The lowest BCUT2D eigenvalue weighted by Crippen LogP contribution is -2.42. The topological polar surface area (TPSA) is 47.7 Å². The quantitative estimate of drug-likeness (QED) is 0.790. The van der Waals surface area contributed by atoms with Gasteiger partial charge in [-0.2, -0.15) is 0 Å². The average molecular weight is 234 g/mol. The SMILES string of the molecule is COc1cc(N2CC3CCC(C2)O3)ccc1N. The molecule has 0 spiro atoms. The van der Waals surface area contributed by atoms with Crippen molar-refractivity contribution in [3.8, 4) is 5.75 Å². The molecule has 2 unspecified atom stereocenters. The van der Waals surface area contributed by atoms with Crippen LogP contribution in [0.25, 0.3) is 0 Å². The molecule has 0 saturated carbocycles. The lowest BCUT2D eigenvalue weighted by atomic mass is 10.2. The number of nitrogens with zero attached hydrogens (tertiary/aromatic N) is 1. The molecule has 3 rings (SSSR count). The van der Waals surface area contributed by atoms with Crippen molar-refractivity contribution in [2.45, 2.75) is 25.0 Å². The summed E-state index contributed by atoms with van der Waals surface area (Å²) in [6.45, 7) is 1.95. The molecule has 4 heteroatoms. The molecule has 4 nitrogen and oxygen atoms in total. The van der Waals surface area contributed by atoms with Crippen molar-refractivity contribution in [3.63, 3.8) is 0 Å². The van der Waals surface area contributed by atoms with Gasteiger partial charge in [0.1, 0.15) is 5.75 Å². The van der Waals surface area contributed by atoms with Crippen molar-refractivity contribution in [1.82, 2.24) is 0 Å². The molecular formula is C13H18N2O2. The normalized spacial score (nSPS) is 27.2. The molecule has 2 N–H and O–H groups in total. The van der Waals surface area contributed by atoms with Crippen LogP contribution in [0.5, 0.6) is 5.75 Å². The summed E-state index contributed by atoms with van der Waals surface area (Å²) in [6, 6.07) is 5.98. The van der Waals surface area contributed by atoms with E-state index in [0.717, 1.165) is 18.8 Å². The molecule has 92 valence electrons. The number of ether oxygens (including phenoxy) is 2. The molecule has 2 heterocycles. The molecule has 2 atom stereocenters. The molecule has 0 radical (unpaired) electrons. The summed E-state index contributed by atoms with van der Waals surface area (Å²) in [7, 11) is 1.65. The highest BCUT2D eigenvalue weighted by Crippen LogP contribution is 2.32. The van der Waals surface area contributed by atoms with Crippen LogP contribution in [0.4, 0.5) is 11.4 Å². The summed E-state index contributed by atoms with van der Waals surface area (Å²) in [5, 5.41) is 0. The fourth-order valence-corrected chi connectivity index (χ4v) is 2.72. The first-order valence-corrected chi connectivity index (χ1v) is 6.10. The third kappa shape index (κ3) is 1.93. The Hall–Kier alpha value is -1.42. The summed E-state index contributed by atoms with van der Waals surface area (Å²) in [4.78, 5) is 2.37. The van der Waals surface area contributed by atoms with Crippen LogP contribution in [0.15, 0.2) is 18.2 Å². The van der Waals surface area contributed by atoms with Gasteiger partial charge in [-0.15, -0.1) is 0 Å². The standard InChI is InChI=1S/C13H18N2O2/c1-16-13-6-9(2-5-12(13)14)15-7-10-3-4-11(8-15)17-10/h2,5-6,10-11H,3-4,7-8,14H2,1H3. The Kier molecular flexibility index (Phi) is 2.59. The van der Waals surface area contributed by atoms with Gasteiger partial charge in [0, 0.05) is 24.8 Å². The van der Waals surface area contributed by atoms with E-state index in [0.29, 0.717) is 17.9 Å². The minimum absolute atomic E-state index is 0.400. The van der Waals surface area contributed by atoms with Crippen molar-refractivity contribution in [2.75, 3.05) is 30.8 Å². The lowest BCUT2D eigenvalue weighted by Gasteiger charge is -2.34. The van der Waals surface area contributed by atoms with Crippen LogP contribution in [0.3, 0.4) is 0 Å². The van der Waals surface area contributed by atoms with E-state index in [1.807, 2.05) is 12.1 Å². The molecular weight excluding hydrogens is 216 g/mol. The van der Waals surface area contributed by atoms with Crippen molar-refractivity contribution < 1.29 is 9.47 Å². The van der Waals surface area contributed by atoms with Gasteiger partial charge in [0.15, 0.2) is 0 Å². The van der Waals surface area contributed by atoms with Gasteiger partial charge < -0.3 is 20.1 Å². The van der Waals surface area contributed by atoms with Gasteiger partial charge in [-0.25, -0.2) is 0 Å². The number of hydrogen-bond donors (Lipinski definition) is 1. The van der Waals surface area contributed by atoms with E-state index < -0.39 is 0 Å². The van der Waals surface area contributed by atoms with Crippen LogP contribution in [0.1, 0.15) is 12.8 Å². The second-order valence-electron chi connectivity index (χ2n) is 4.79. The minimum Gasteiger partial charge on any atom is -0.495 e. The Morgan fingerprint density at radius 2 is 2.00 bits per heavy atom. The first-order valence-electron chi connectivity index (χ1n) is 6.10. The van der Waals surface area contributed by atoms with E-state index in [2.05, 4.69) is 11.0 Å². The highest BCUT2D eigenvalue weighted by Gasteiger charge is 2.33. The third-order valence-corrected chi connectivity index (χ3v) is 3.63. The Labute approximate surface area is 101 Å². The molecule has 0 aliphatic carbocycles. The summed E-state index contributed by atoms with van der Waals surface area (Å²) < 4.78 is 11.1. The van der Waals surface area contributed by atoms with Gasteiger partial charge in [0.2, 0.25) is 0 Å². The predicted molar refractivity (Wildman–Crippen MR) is 67.5 cm³/mol. The number of nitrogens with two attached hydrogens (primary N) is 1. The molecule has 17 heavy (non-hydrogen) atoms. The van der Waals surface area contributed by atoms with Crippen molar-refractivity contribution in [2.24, 2.45) is 0 Å². The van der Waals surface area contributed by atoms with Gasteiger partial charge >= 0.3 is 0 Å². The number of methoxy groups -OCH3 is 1. The molecule has 2 aliphatic heterocycles. The molecule has 0 aromatic heterocycles. The molecule has 2 saturated heterocycles. The van der Waals surface area contributed by atoms with Gasteiger partial charge in [-0.1, -0.05) is 0 Å². The summed E-state index contributed by atoms with van der Waals surface area (Å²) in [6.07, 6.45) is 3.18. The van der Waals surface area contributed by atoms with Gasteiger partial charge in [-0.3, -0.25) is 0 Å². The summed E-state index contributed by atoms with van der Waals surface area (Å²) >= 11 is 0. The molecule has 1 aromatic carbocycles. The van der Waals surface area contributed by atoms with Gasteiger partial charge in [0.05, 0.1) is 25.0 Å². The Bertz CT molecular complexity index is 410. The Morgan fingerprint density at radius 3 is 2.65 bits per heavy atom. The Morgan fingerprint density at radius 1 is 1.29 bits per heavy atom. The summed E-state index contributed by atoms with van der Waals surface area (Å²) in [5.74, 6) is 0.751. The van der Waals surface area contributed by atoms with Crippen molar-refractivity contribution in [1.29, 1.82) is 0 Å². The maximum Gasteiger partial charge on any atom is 0.143 e. The largest absolute Gasteiger partial charge is 0.495 e. The molecule has 0 amide bonds. The fraction of sp³-hybridized carbons (Fsp3) is 0.538. The van der Waals surface area contributed by atoms with Crippen LogP contribution < -0.4 is 15.4 Å². The zero-order valence-corrected chi connectivity index (χ0v) is 10.1. The van der Waals surface area contributed by atoms with Gasteiger partial charge in [0.25, 0.3) is 0 Å². The molecule has 1 aromatic rings. The summed E-state index contributed by atoms with van der Waals surface area (Å²) in [5.41, 5.74) is 7.69. The first kappa shape index (κ1) is 10.7. The highest BCUT2D eigenvalue weighted by atomic mass is 16.5. The number of morpholine rings is 1. The van der Waals surface area contributed by atoms with E-state index in [1.54, 1.807) is 7.11 Å². The zero-order chi connectivity index (χ0) is 11.8. The Balaban J connectivity index is 1.84. The molecule has 2 aliphatic rings. The van der Waals surface area contributed by atoms with Crippen LogP contribution in [0, 0.1) is 0 Å². The smallest absolute Gasteiger partial charge is 0.143 e. The van der Waals surface area contributed by atoms with E-state index in [9.17, 15) is 0 Å². The average Bonchev–Trinajstić information content (AvgIpc) is 2.69. The van der Waals surface area contributed by atoms with E-state index >= 15 is 0 Å². The number of rotatable bonds is 2. The number of hydrogen-bond acceptors (Lipinski definition) is 4. The lowest BCUT2D eigenvalue weighted by molar-refractivity contribution is 0.0305. The molecule has 2 fully saturated rings. The maximum absolute atomic E-state index is 5.83. The number of anilines is 2. The number of benzene rings is 1. The first-order chi connectivity index (χ1) is 8.26. The van der Waals surface area contributed by atoms with Gasteiger partial charge in [-0.05, 0) is 25.0 Å².